The number of benzene rings is 3. The Morgan fingerprint density at radius 2 is 1.69 bits per heavy atom. The summed E-state index contributed by atoms with van der Waals surface area (Å²) in [5.74, 6) is 0.284. The SMILES string of the molecule is COc1cc2c(cc1OC)C(C(=Nc1ccc(N(C)C(=O)CN3CCOCC3)cc1)c1ccccc1)C(=O)N2. The number of anilines is 2. The number of nitrogens with zero attached hydrogens (tertiary/aromatic N) is 3. The van der Waals surface area contributed by atoms with Gasteiger partial charge in [-0.2, -0.15) is 0 Å². The third-order valence-corrected chi connectivity index (χ3v) is 7.05. The number of hydrogen-bond acceptors (Lipinski definition) is 7. The van der Waals surface area contributed by atoms with Gasteiger partial charge in [-0.25, -0.2) is 0 Å². The monoisotopic (exact) mass is 528 g/mol. The van der Waals surface area contributed by atoms with Gasteiger partial charge in [-0.05, 0) is 41.5 Å². The van der Waals surface area contributed by atoms with E-state index in [0.717, 1.165) is 29.9 Å². The van der Waals surface area contributed by atoms with Crippen LogP contribution in [0.2, 0.25) is 0 Å². The molecule has 202 valence electrons. The molecule has 2 aliphatic rings. The molecule has 2 amide bonds. The van der Waals surface area contributed by atoms with Gasteiger partial charge in [0, 0.05) is 37.6 Å². The van der Waals surface area contributed by atoms with Crippen molar-refractivity contribution in [3.63, 3.8) is 0 Å². The van der Waals surface area contributed by atoms with Crippen LogP contribution in [0, 0.1) is 0 Å². The predicted molar refractivity (Wildman–Crippen MR) is 151 cm³/mol. The van der Waals surface area contributed by atoms with Crippen molar-refractivity contribution in [2.45, 2.75) is 5.92 Å². The van der Waals surface area contributed by atoms with E-state index in [9.17, 15) is 9.59 Å². The number of rotatable bonds is 8. The van der Waals surface area contributed by atoms with Gasteiger partial charge in [0.1, 0.15) is 5.92 Å². The summed E-state index contributed by atoms with van der Waals surface area (Å²) in [4.78, 5) is 34.8. The van der Waals surface area contributed by atoms with Crippen LogP contribution in [-0.4, -0.2) is 76.5 Å². The van der Waals surface area contributed by atoms with Crippen molar-refractivity contribution in [1.29, 1.82) is 0 Å². The first-order valence-corrected chi connectivity index (χ1v) is 12.9. The van der Waals surface area contributed by atoms with Crippen LogP contribution in [0.1, 0.15) is 17.0 Å². The molecule has 1 unspecified atom stereocenters. The summed E-state index contributed by atoms with van der Waals surface area (Å²) in [6, 6.07) is 20.7. The fraction of sp³-hybridized carbons (Fsp3) is 0.300. The molecule has 1 atom stereocenters. The fourth-order valence-electron chi connectivity index (χ4n) is 4.85. The number of amides is 2. The molecule has 1 saturated heterocycles. The molecule has 0 saturated carbocycles. The average Bonchev–Trinajstić information content (AvgIpc) is 3.30. The number of methoxy groups -OCH3 is 2. The second kappa shape index (κ2) is 11.7. The number of carbonyl (C=O) groups is 2. The van der Waals surface area contributed by atoms with E-state index in [4.69, 9.17) is 19.2 Å². The van der Waals surface area contributed by atoms with Crippen molar-refractivity contribution in [1.82, 2.24) is 4.90 Å². The van der Waals surface area contributed by atoms with Gasteiger partial charge in [-0.15, -0.1) is 0 Å². The standard InChI is InChI=1S/C30H32N4O5/c1-33(27(35)19-34-13-15-39-16-14-34)22-11-9-21(10-12-22)31-29(20-7-5-4-6-8-20)28-23-17-25(37-2)26(38-3)18-24(23)32-30(28)36/h4-12,17-18,28H,13-16,19H2,1-3H3,(H,32,36). The van der Waals surface area contributed by atoms with Crippen LogP contribution in [0.25, 0.3) is 0 Å². The number of aliphatic imine (C=N–C) groups is 1. The highest BCUT2D eigenvalue weighted by Crippen LogP contribution is 2.42. The van der Waals surface area contributed by atoms with Crippen LogP contribution in [0.15, 0.2) is 71.7 Å². The number of morpholine rings is 1. The number of ether oxygens (including phenoxy) is 3. The highest BCUT2D eigenvalue weighted by molar-refractivity contribution is 6.24. The first-order valence-electron chi connectivity index (χ1n) is 12.9. The van der Waals surface area contributed by atoms with Gasteiger partial charge in [0.25, 0.3) is 0 Å². The molecule has 5 rings (SSSR count). The van der Waals surface area contributed by atoms with Gasteiger partial charge in [0.15, 0.2) is 11.5 Å². The fourth-order valence-corrected chi connectivity index (χ4v) is 4.85. The zero-order valence-electron chi connectivity index (χ0n) is 22.3. The minimum Gasteiger partial charge on any atom is -0.493 e. The van der Waals surface area contributed by atoms with E-state index in [0.29, 0.717) is 48.3 Å². The van der Waals surface area contributed by atoms with Crippen LogP contribution in [0.3, 0.4) is 0 Å². The number of fused-ring (bicyclic) bond motifs is 1. The molecule has 0 spiro atoms. The van der Waals surface area contributed by atoms with Gasteiger partial charge in [0.2, 0.25) is 11.8 Å². The summed E-state index contributed by atoms with van der Waals surface area (Å²) < 4.78 is 16.3. The van der Waals surface area contributed by atoms with Gasteiger partial charge in [-0.3, -0.25) is 19.5 Å². The van der Waals surface area contributed by atoms with Gasteiger partial charge < -0.3 is 24.4 Å². The van der Waals surface area contributed by atoms with Crippen LogP contribution < -0.4 is 19.7 Å². The van der Waals surface area contributed by atoms with E-state index in [1.165, 1.54) is 0 Å². The third-order valence-electron chi connectivity index (χ3n) is 7.05. The van der Waals surface area contributed by atoms with E-state index in [2.05, 4.69) is 10.2 Å². The first kappa shape index (κ1) is 26.4. The normalized spacial score (nSPS) is 17.4. The zero-order valence-corrected chi connectivity index (χ0v) is 22.3. The number of carbonyl (C=O) groups excluding carboxylic acids is 2. The summed E-state index contributed by atoms with van der Waals surface area (Å²) in [5, 5.41) is 2.97. The van der Waals surface area contributed by atoms with E-state index in [1.54, 1.807) is 32.2 Å². The second-order valence-corrected chi connectivity index (χ2v) is 9.44. The summed E-state index contributed by atoms with van der Waals surface area (Å²) in [6.07, 6.45) is 0. The minimum absolute atomic E-state index is 0.0155. The molecule has 0 aromatic heterocycles. The van der Waals surface area contributed by atoms with Crippen molar-refractivity contribution in [3.8, 4) is 11.5 Å². The summed E-state index contributed by atoms with van der Waals surface area (Å²) in [7, 11) is 4.91. The Kier molecular flexibility index (Phi) is 7.90. The Hall–Kier alpha value is -4.21. The van der Waals surface area contributed by atoms with Crippen LogP contribution >= 0.6 is 0 Å². The molecule has 2 heterocycles. The lowest BCUT2D eigenvalue weighted by Gasteiger charge is -2.28. The lowest BCUT2D eigenvalue weighted by Crippen LogP contribution is -2.43. The Bertz CT molecular complexity index is 1370. The zero-order chi connectivity index (χ0) is 27.4. The van der Waals surface area contributed by atoms with Crippen LogP contribution in [0.4, 0.5) is 17.1 Å². The second-order valence-electron chi connectivity index (χ2n) is 9.44. The van der Waals surface area contributed by atoms with Crippen molar-refractivity contribution >= 4 is 34.6 Å². The largest absolute Gasteiger partial charge is 0.493 e. The van der Waals surface area contributed by atoms with Gasteiger partial charge in [0.05, 0.1) is 45.4 Å². The number of nitrogens with one attached hydrogen (secondary N) is 1. The molecule has 1 fully saturated rings. The van der Waals surface area contributed by atoms with Crippen LogP contribution in [0.5, 0.6) is 11.5 Å². The molecular weight excluding hydrogens is 496 g/mol. The maximum absolute atomic E-state index is 13.3. The Morgan fingerprint density at radius 3 is 2.36 bits per heavy atom. The van der Waals surface area contributed by atoms with E-state index >= 15 is 0 Å². The Morgan fingerprint density at radius 1 is 1.03 bits per heavy atom. The first-order chi connectivity index (χ1) is 19.0. The molecule has 0 aliphatic carbocycles. The highest BCUT2D eigenvalue weighted by Gasteiger charge is 2.36. The number of likely N-dealkylation sites (N-methyl/N-ethyl adjacent to an activating group) is 1. The van der Waals surface area contributed by atoms with E-state index in [1.807, 2.05) is 60.7 Å². The topological polar surface area (TPSA) is 92.7 Å². The maximum atomic E-state index is 13.3. The molecule has 39 heavy (non-hydrogen) atoms. The third kappa shape index (κ3) is 5.64. The van der Waals surface area contributed by atoms with E-state index in [-0.39, 0.29) is 11.8 Å². The highest BCUT2D eigenvalue weighted by atomic mass is 16.5. The number of hydrogen-bond donors (Lipinski definition) is 1. The molecule has 1 N–H and O–H groups in total. The lowest BCUT2D eigenvalue weighted by atomic mass is 9.90. The quantitative estimate of drug-likeness (QED) is 0.447. The van der Waals surface area contributed by atoms with Crippen molar-refractivity contribution in [2.75, 3.05) is 64.3 Å². The molecule has 9 heteroatoms. The molecule has 3 aromatic rings. The van der Waals surface area contributed by atoms with Crippen molar-refractivity contribution in [3.05, 3.63) is 77.9 Å². The average molecular weight is 529 g/mol. The predicted octanol–water partition coefficient (Wildman–Crippen LogP) is 3.86. The van der Waals surface area contributed by atoms with Gasteiger partial charge >= 0.3 is 0 Å². The maximum Gasteiger partial charge on any atom is 0.240 e. The molecule has 9 nitrogen and oxygen atoms in total. The van der Waals surface area contributed by atoms with E-state index < -0.39 is 5.92 Å². The summed E-state index contributed by atoms with van der Waals surface area (Å²) in [6.45, 7) is 3.16. The lowest BCUT2D eigenvalue weighted by molar-refractivity contribution is -0.120. The Labute approximate surface area is 228 Å². The van der Waals surface area contributed by atoms with Crippen molar-refractivity contribution in [2.24, 2.45) is 4.99 Å². The summed E-state index contributed by atoms with van der Waals surface area (Å²) >= 11 is 0. The Balaban J connectivity index is 1.45. The molecule has 3 aromatic carbocycles. The summed E-state index contributed by atoms with van der Waals surface area (Å²) in [5.41, 5.74) is 4.33. The molecular formula is C30H32N4O5. The van der Waals surface area contributed by atoms with Crippen molar-refractivity contribution < 1.29 is 23.8 Å². The molecule has 0 bridgehead atoms. The molecule has 2 aliphatic heterocycles. The van der Waals surface area contributed by atoms with Crippen LogP contribution in [-0.2, 0) is 14.3 Å². The van der Waals surface area contributed by atoms with Gasteiger partial charge in [-0.1, -0.05) is 30.3 Å². The smallest absolute Gasteiger partial charge is 0.240 e. The molecule has 0 radical (unpaired) electrons. The minimum atomic E-state index is -0.639.